The maximum Gasteiger partial charge on any atom is 0.408 e. The number of hydrogen-bond donors (Lipinski definition) is 3. The first-order valence-electron chi connectivity index (χ1n) is 7.54. The first kappa shape index (κ1) is 19.5. The summed E-state index contributed by atoms with van der Waals surface area (Å²) in [5.41, 5.74) is 4.19. The van der Waals surface area contributed by atoms with E-state index in [1.165, 1.54) is 13.8 Å². The van der Waals surface area contributed by atoms with E-state index < -0.39 is 23.2 Å². The zero-order valence-electron chi connectivity index (χ0n) is 14.7. The third kappa shape index (κ3) is 6.68. The number of amidine groups is 1. The number of nitrogens with two attached hydrogens (primary N) is 1. The monoisotopic (exact) mass is 335 g/mol. The Balaban J connectivity index is 2.75. The van der Waals surface area contributed by atoms with E-state index in [0.29, 0.717) is 5.75 Å². The Labute approximate surface area is 142 Å². The summed E-state index contributed by atoms with van der Waals surface area (Å²) in [5.74, 6) is -0.295. The van der Waals surface area contributed by atoms with Crippen molar-refractivity contribution in [3.63, 3.8) is 0 Å². The molecule has 0 fully saturated rings. The van der Waals surface area contributed by atoms with Crippen molar-refractivity contribution in [3.8, 4) is 5.75 Å². The molecule has 0 atom stereocenters. The summed E-state index contributed by atoms with van der Waals surface area (Å²) in [4.78, 5) is 24.1. The quantitative estimate of drug-likeness (QED) is 0.331. The second-order valence-electron chi connectivity index (χ2n) is 6.99. The Morgan fingerprint density at radius 3 is 2.38 bits per heavy atom. The highest BCUT2D eigenvalue weighted by Crippen LogP contribution is 2.17. The average molecular weight is 335 g/mol. The largest absolute Gasteiger partial charge is 0.444 e. The molecule has 1 rings (SSSR count). The highest BCUT2D eigenvalue weighted by molar-refractivity contribution is 5.86. The van der Waals surface area contributed by atoms with Crippen LogP contribution >= 0.6 is 0 Å². The van der Waals surface area contributed by atoms with Gasteiger partial charge in [-0.25, -0.2) is 9.59 Å². The number of hydrogen-bond acceptors (Lipinski definition) is 5. The number of rotatable bonds is 5. The summed E-state index contributed by atoms with van der Waals surface area (Å²) in [6.45, 7) is 8.26. The number of nitrogens with one attached hydrogen (secondary N) is 2. The number of amides is 1. The lowest BCUT2D eigenvalue weighted by Gasteiger charge is -2.26. The third-order valence-electron chi connectivity index (χ3n) is 2.83. The minimum atomic E-state index is -1.26. The van der Waals surface area contributed by atoms with Crippen LogP contribution in [0.4, 0.5) is 4.79 Å². The molecule has 0 saturated carbocycles. The van der Waals surface area contributed by atoms with Gasteiger partial charge in [-0.1, -0.05) is 12.1 Å². The summed E-state index contributed by atoms with van der Waals surface area (Å²) in [5, 5.41) is 9.79. The molecular weight excluding hydrogens is 310 g/mol. The van der Waals surface area contributed by atoms with E-state index in [1.54, 1.807) is 45.0 Å². The van der Waals surface area contributed by atoms with Gasteiger partial charge in [-0.05, 0) is 52.3 Å². The summed E-state index contributed by atoms with van der Waals surface area (Å²) in [6, 6.07) is 6.73. The van der Waals surface area contributed by atoms with Crippen LogP contribution < -0.4 is 15.8 Å². The Morgan fingerprint density at radius 1 is 1.21 bits per heavy atom. The minimum Gasteiger partial charge on any atom is -0.444 e. The minimum absolute atomic E-state index is 0.0189. The van der Waals surface area contributed by atoms with Crippen molar-refractivity contribution in [2.45, 2.75) is 52.2 Å². The van der Waals surface area contributed by atoms with E-state index in [9.17, 15) is 9.59 Å². The van der Waals surface area contributed by atoms with E-state index in [1.807, 2.05) is 0 Å². The lowest BCUT2D eigenvalue weighted by molar-refractivity contribution is -0.140. The zero-order chi connectivity index (χ0) is 18.5. The molecule has 24 heavy (non-hydrogen) atoms. The van der Waals surface area contributed by atoms with Gasteiger partial charge in [0.2, 0.25) is 0 Å². The number of esters is 1. The fourth-order valence-electron chi connectivity index (χ4n) is 1.78. The summed E-state index contributed by atoms with van der Waals surface area (Å²) >= 11 is 0. The van der Waals surface area contributed by atoms with Crippen LogP contribution in [0.3, 0.4) is 0 Å². The topological polar surface area (TPSA) is 114 Å². The van der Waals surface area contributed by atoms with E-state index in [4.69, 9.17) is 20.6 Å². The van der Waals surface area contributed by atoms with Gasteiger partial charge in [0, 0.05) is 6.42 Å². The highest BCUT2D eigenvalue weighted by atomic mass is 16.6. The summed E-state index contributed by atoms with van der Waals surface area (Å²) < 4.78 is 10.5. The van der Waals surface area contributed by atoms with Crippen molar-refractivity contribution in [2.75, 3.05) is 0 Å². The molecule has 0 aliphatic heterocycles. The van der Waals surface area contributed by atoms with Gasteiger partial charge in [-0.3, -0.25) is 5.41 Å². The number of alkyl carbamates (subject to hydrolysis) is 1. The molecule has 0 spiro atoms. The van der Waals surface area contributed by atoms with Gasteiger partial charge in [0.15, 0.2) is 0 Å². The second kappa shape index (κ2) is 7.33. The average Bonchev–Trinajstić information content (AvgIpc) is 2.34. The molecule has 4 N–H and O–H groups in total. The molecule has 0 saturated heterocycles. The predicted molar refractivity (Wildman–Crippen MR) is 91.1 cm³/mol. The Bertz CT molecular complexity index is 633. The van der Waals surface area contributed by atoms with Crippen molar-refractivity contribution < 1.29 is 19.1 Å². The van der Waals surface area contributed by atoms with Crippen LogP contribution in [0.2, 0.25) is 0 Å². The Morgan fingerprint density at radius 2 is 1.83 bits per heavy atom. The third-order valence-corrected chi connectivity index (χ3v) is 2.83. The molecule has 1 aromatic rings. The lowest BCUT2D eigenvalue weighted by Crippen LogP contribution is -2.52. The number of benzene rings is 1. The molecule has 0 unspecified atom stereocenters. The van der Waals surface area contributed by atoms with Gasteiger partial charge in [-0.2, -0.15) is 0 Å². The number of carbonyl (C=O) groups is 2. The summed E-state index contributed by atoms with van der Waals surface area (Å²) in [6.07, 6.45) is -0.430. The number of ether oxygens (including phenoxy) is 2. The fourth-order valence-corrected chi connectivity index (χ4v) is 1.78. The van der Waals surface area contributed by atoms with Crippen LogP contribution in [-0.2, 0) is 16.0 Å². The van der Waals surface area contributed by atoms with Gasteiger partial charge in [0.05, 0.1) is 5.84 Å². The van der Waals surface area contributed by atoms with E-state index in [2.05, 4.69) is 5.32 Å². The van der Waals surface area contributed by atoms with Crippen molar-refractivity contribution in [1.82, 2.24) is 5.32 Å². The van der Waals surface area contributed by atoms with Crippen molar-refractivity contribution >= 4 is 17.9 Å². The molecule has 0 radical (unpaired) electrons. The molecule has 0 bridgehead atoms. The maximum atomic E-state index is 12.3. The number of carbonyl (C=O) groups excluding carboxylic acids is 2. The van der Waals surface area contributed by atoms with Gasteiger partial charge in [0.1, 0.15) is 16.9 Å². The van der Waals surface area contributed by atoms with Crippen LogP contribution in [0, 0.1) is 5.41 Å². The van der Waals surface area contributed by atoms with Gasteiger partial charge >= 0.3 is 12.1 Å². The maximum absolute atomic E-state index is 12.3. The van der Waals surface area contributed by atoms with Crippen LogP contribution in [-0.4, -0.2) is 29.0 Å². The zero-order valence-corrected chi connectivity index (χ0v) is 14.7. The van der Waals surface area contributed by atoms with Crippen LogP contribution in [0.5, 0.6) is 5.75 Å². The van der Waals surface area contributed by atoms with Crippen molar-refractivity contribution in [1.29, 1.82) is 5.41 Å². The van der Waals surface area contributed by atoms with Crippen LogP contribution in [0.1, 0.15) is 40.2 Å². The van der Waals surface area contributed by atoms with Gasteiger partial charge < -0.3 is 20.5 Å². The molecule has 1 amide bonds. The molecule has 7 heteroatoms. The van der Waals surface area contributed by atoms with Gasteiger partial charge in [0.25, 0.3) is 0 Å². The standard InChI is InChI=1S/C17H25N3O4/c1-16(2,3)24-15(22)20-17(4,5)14(21)23-12-8-6-7-11(9-12)10-13(18)19/h6-9H,10H2,1-5H3,(H3,18,19)(H,20,22). The molecule has 1 aromatic carbocycles. The SMILES string of the molecule is CC(C)(C)OC(=O)NC(C)(C)C(=O)Oc1cccc(CC(=N)N)c1. The van der Waals surface area contributed by atoms with E-state index in [0.717, 1.165) is 5.56 Å². The van der Waals surface area contributed by atoms with Crippen LogP contribution in [0.25, 0.3) is 0 Å². The van der Waals surface area contributed by atoms with Crippen LogP contribution in [0.15, 0.2) is 24.3 Å². The van der Waals surface area contributed by atoms with Crippen molar-refractivity contribution in [2.24, 2.45) is 5.73 Å². The van der Waals surface area contributed by atoms with Gasteiger partial charge in [-0.15, -0.1) is 0 Å². The second-order valence-corrected chi connectivity index (χ2v) is 6.99. The molecule has 0 heterocycles. The molecule has 0 aromatic heterocycles. The Hall–Kier alpha value is -2.57. The Kier molecular flexibility index (Phi) is 5.95. The molecule has 7 nitrogen and oxygen atoms in total. The smallest absolute Gasteiger partial charge is 0.408 e. The predicted octanol–water partition coefficient (Wildman–Crippen LogP) is 2.37. The molecule has 0 aliphatic carbocycles. The van der Waals surface area contributed by atoms with E-state index in [-0.39, 0.29) is 12.3 Å². The highest BCUT2D eigenvalue weighted by Gasteiger charge is 2.33. The summed E-state index contributed by atoms with van der Waals surface area (Å²) in [7, 11) is 0. The lowest BCUT2D eigenvalue weighted by atomic mass is 10.1. The first-order chi connectivity index (χ1) is 10.9. The fraction of sp³-hybridized carbons (Fsp3) is 0.471. The van der Waals surface area contributed by atoms with E-state index >= 15 is 0 Å². The molecular formula is C17H25N3O4. The normalized spacial score (nSPS) is 11.5. The molecule has 132 valence electrons. The first-order valence-corrected chi connectivity index (χ1v) is 7.54. The van der Waals surface area contributed by atoms with Crippen molar-refractivity contribution in [3.05, 3.63) is 29.8 Å². The molecule has 0 aliphatic rings.